The van der Waals surface area contributed by atoms with Crippen LogP contribution < -0.4 is 0 Å². The van der Waals surface area contributed by atoms with Gasteiger partial charge in [0.25, 0.3) is 0 Å². The zero-order valence-electron chi connectivity index (χ0n) is 16.8. The standard InChI is InChI=1S/C22H30N2O3S/c1-3-9-21(25)23(13-8-14-27-2)18-22(26)24(17-20-12-7-15-28-20)16-19-10-5-4-6-11-19/h4-7,10-12,15H,3,8-9,13-14,16-18H2,1-2H3. The van der Waals surface area contributed by atoms with Gasteiger partial charge in [0.2, 0.25) is 11.8 Å². The number of hydrogen-bond donors (Lipinski definition) is 0. The maximum Gasteiger partial charge on any atom is 0.242 e. The monoisotopic (exact) mass is 402 g/mol. The fourth-order valence-electron chi connectivity index (χ4n) is 2.95. The van der Waals surface area contributed by atoms with Crippen molar-refractivity contribution in [2.45, 2.75) is 39.3 Å². The molecule has 0 bridgehead atoms. The topological polar surface area (TPSA) is 49.9 Å². The van der Waals surface area contributed by atoms with Gasteiger partial charge in [-0.05, 0) is 29.9 Å². The summed E-state index contributed by atoms with van der Waals surface area (Å²) in [5.74, 6) is 0.00172. The van der Waals surface area contributed by atoms with Crippen molar-refractivity contribution in [1.29, 1.82) is 0 Å². The maximum atomic E-state index is 13.1. The Bertz CT molecular complexity index is 704. The second-order valence-corrected chi connectivity index (χ2v) is 7.76. The van der Waals surface area contributed by atoms with Crippen LogP contribution in [0.25, 0.3) is 0 Å². The average molecular weight is 403 g/mol. The number of ether oxygens (including phenoxy) is 1. The molecule has 0 radical (unpaired) electrons. The number of thiophene rings is 1. The normalized spacial score (nSPS) is 10.6. The Balaban J connectivity index is 2.09. The van der Waals surface area contributed by atoms with Crippen LogP contribution in [-0.4, -0.2) is 48.4 Å². The summed E-state index contributed by atoms with van der Waals surface area (Å²) in [5, 5.41) is 2.02. The fraction of sp³-hybridized carbons (Fsp3) is 0.455. The van der Waals surface area contributed by atoms with E-state index in [1.165, 1.54) is 0 Å². The molecule has 0 saturated heterocycles. The highest BCUT2D eigenvalue weighted by Crippen LogP contribution is 2.15. The highest BCUT2D eigenvalue weighted by molar-refractivity contribution is 7.09. The van der Waals surface area contributed by atoms with E-state index in [4.69, 9.17) is 4.74 Å². The van der Waals surface area contributed by atoms with Crippen molar-refractivity contribution in [1.82, 2.24) is 9.80 Å². The summed E-state index contributed by atoms with van der Waals surface area (Å²) < 4.78 is 5.10. The molecule has 6 heteroatoms. The molecule has 0 saturated carbocycles. The minimum Gasteiger partial charge on any atom is -0.385 e. The van der Waals surface area contributed by atoms with Gasteiger partial charge < -0.3 is 14.5 Å². The zero-order chi connectivity index (χ0) is 20.2. The van der Waals surface area contributed by atoms with Crippen molar-refractivity contribution in [2.24, 2.45) is 0 Å². The highest BCUT2D eigenvalue weighted by Gasteiger charge is 2.21. The van der Waals surface area contributed by atoms with Crippen LogP contribution in [0.3, 0.4) is 0 Å². The van der Waals surface area contributed by atoms with Crippen LogP contribution in [0.2, 0.25) is 0 Å². The Labute approximate surface area is 171 Å². The molecule has 0 aliphatic rings. The second kappa shape index (κ2) is 12.3. The van der Waals surface area contributed by atoms with Crippen LogP contribution in [0.4, 0.5) is 0 Å². The number of carbonyl (C=O) groups is 2. The molecular formula is C22H30N2O3S. The van der Waals surface area contributed by atoms with E-state index in [0.29, 0.717) is 32.7 Å². The van der Waals surface area contributed by atoms with E-state index in [0.717, 1.165) is 23.3 Å². The lowest BCUT2D eigenvalue weighted by Crippen LogP contribution is -2.43. The molecule has 2 amide bonds. The van der Waals surface area contributed by atoms with Gasteiger partial charge in [0.15, 0.2) is 0 Å². The van der Waals surface area contributed by atoms with E-state index in [9.17, 15) is 9.59 Å². The summed E-state index contributed by atoms with van der Waals surface area (Å²) in [4.78, 5) is 30.3. The molecule has 1 heterocycles. The van der Waals surface area contributed by atoms with Crippen LogP contribution in [0.5, 0.6) is 0 Å². The third-order valence-electron chi connectivity index (χ3n) is 4.41. The quantitative estimate of drug-likeness (QED) is 0.505. The Morgan fingerprint density at radius 2 is 1.79 bits per heavy atom. The third kappa shape index (κ3) is 7.44. The molecule has 0 unspecified atom stereocenters. The van der Waals surface area contributed by atoms with Crippen molar-refractivity contribution >= 4 is 23.2 Å². The first kappa shape index (κ1) is 22.1. The number of amides is 2. The van der Waals surface area contributed by atoms with Crippen LogP contribution >= 0.6 is 11.3 Å². The highest BCUT2D eigenvalue weighted by atomic mass is 32.1. The summed E-state index contributed by atoms with van der Waals surface area (Å²) in [5.41, 5.74) is 1.08. The molecule has 0 spiro atoms. The van der Waals surface area contributed by atoms with E-state index >= 15 is 0 Å². The molecule has 1 aromatic carbocycles. The number of benzene rings is 1. The van der Waals surface area contributed by atoms with Gasteiger partial charge in [-0.25, -0.2) is 0 Å². The smallest absolute Gasteiger partial charge is 0.242 e. The molecule has 2 rings (SSSR count). The SMILES string of the molecule is CCCC(=O)N(CCCOC)CC(=O)N(Cc1ccccc1)Cc1cccs1. The lowest BCUT2D eigenvalue weighted by Gasteiger charge is -2.27. The van der Waals surface area contributed by atoms with Gasteiger partial charge in [-0.15, -0.1) is 11.3 Å². The van der Waals surface area contributed by atoms with Gasteiger partial charge in [0.1, 0.15) is 0 Å². The van der Waals surface area contributed by atoms with Crippen LogP contribution in [0.15, 0.2) is 47.8 Å². The Morgan fingerprint density at radius 3 is 2.43 bits per heavy atom. The van der Waals surface area contributed by atoms with Gasteiger partial charge in [-0.2, -0.15) is 0 Å². The third-order valence-corrected chi connectivity index (χ3v) is 5.28. The maximum absolute atomic E-state index is 13.1. The largest absolute Gasteiger partial charge is 0.385 e. The molecule has 152 valence electrons. The van der Waals surface area contributed by atoms with Crippen LogP contribution in [-0.2, 0) is 27.4 Å². The van der Waals surface area contributed by atoms with E-state index < -0.39 is 0 Å². The minimum absolute atomic E-state index is 0.0286. The van der Waals surface area contributed by atoms with E-state index in [2.05, 4.69) is 0 Å². The molecule has 1 aromatic heterocycles. The lowest BCUT2D eigenvalue weighted by molar-refractivity contribution is -0.141. The predicted octanol–water partition coefficient (Wildman–Crippen LogP) is 3.94. The van der Waals surface area contributed by atoms with Gasteiger partial charge >= 0.3 is 0 Å². The molecule has 0 N–H and O–H groups in total. The van der Waals surface area contributed by atoms with Gasteiger partial charge in [0, 0.05) is 38.1 Å². The first-order chi connectivity index (χ1) is 13.6. The fourth-order valence-corrected chi connectivity index (χ4v) is 3.67. The Morgan fingerprint density at radius 1 is 1.00 bits per heavy atom. The summed E-state index contributed by atoms with van der Waals surface area (Å²) in [7, 11) is 1.64. The first-order valence-electron chi connectivity index (χ1n) is 9.74. The van der Waals surface area contributed by atoms with E-state index in [1.54, 1.807) is 23.3 Å². The zero-order valence-corrected chi connectivity index (χ0v) is 17.6. The molecule has 5 nitrogen and oxygen atoms in total. The number of carbonyl (C=O) groups excluding carboxylic acids is 2. The van der Waals surface area contributed by atoms with Crippen molar-refractivity contribution < 1.29 is 14.3 Å². The number of nitrogens with zero attached hydrogens (tertiary/aromatic N) is 2. The molecule has 2 aromatic rings. The number of rotatable bonds is 12. The number of methoxy groups -OCH3 is 1. The van der Waals surface area contributed by atoms with Crippen molar-refractivity contribution in [3.8, 4) is 0 Å². The van der Waals surface area contributed by atoms with Crippen LogP contribution in [0.1, 0.15) is 36.6 Å². The molecule has 28 heavy (non-hydrogen) atoms. The van der Waals surface area contributed by atoms with Gasteiger partial charge in [0.05, 0.1) is 13.1 Å². The molecule has 0 aliphatic heterocycles. The minimum atomic E-state index is -0.0286. The Kier molecular flexibility index (Phi) is 9.72. The lowest BCUT2D eigenvalue weighted by atomic mass is 10.2. The summed E-state index contributed by atoms with van der Waals surface area (Å²) >= 11 is 1.64. The van der Waals surface area contributed by atoms with Gasteiger partial charge in [-0.1, -0.05) is 43.3 Å². The molecule has 0 aliphatic carbocycles. The van der Waals surface area contributed by atoms with Crippen molar-refractivity contribution in [2.75, 3.05) is 26.8 Å². The first-order valence-corrected chi connectivity index (χ1v) is 10.6. The average Bonchev–Trinajstić information content (AvgIpc) is 3.21. The van der Waals surface area contributed by atoms with E-state index in [-0.39, 0.29) is 18.4 Å². The van der Waals surface area contributed by atoms with Crippen molar-refractivity contribution in [3.05, 3.63) is 58.3 Å². The summed E-state index contributed by atoms with van der Waals surface area (Å²) in [6.07, 6.45) is 1.96. The summed E-state index contributed by atoms with van der Waals surface area (Å²) in [6, 6.07) is 14.0. The molecule has 0 atom stereocenters. The summed E-state index contributed by atoms with van der Waals surface area (Å²) in [6.45, 7) is 4.29. The van der Waals surface area contributed by atoms with Crippen LogP contribution in [0, 0.1) is 0 Å². The second-order valence-electron chi connectivity index (χ2n) is 6.73. The van der Waals surface area contributed by atoms with Crippen molar-refractivity contribution in [3.63, 3.8) is 0 Å². The van der Waals surface area contributed by atoms with Gasteiger partial charge in [-0.3, -0.25) is 9.59 Å². The predicted molar refractivity (Wildman–Crippen MR) is 113 cm³/mol. The number of hydrogen-bond acceptors (Lipinski definition) is 4. The van der Waals surface area contributed by atoms with E-state index in [1.807, 2.05) is 59.7 Å². The molecular weight excluding hydrogens is 372 g/mol. The molecule has 0 fully saturated rings. The Hall–Kier alpha value is -2.18.